The lowest BCUT2D eigenvalue weighted by molar-refractivity contribution is -0.136. The van der Waals surface area contributed by atoms with Gasteiger partial charge in [-0.1, -0.05) is 43.0 Å². The quantitative estimate of drug-likeness (QED) is 0.0334. The van der Waals surface area contributed by atoms with E-state index in [-0.39, 0.29) is 101 Å². The van der Waals surface area contributed by atoms with Crippen molar-refractivity contribution in [3.8, 4) is 0 Å². The van der Waals surface area contributed by atoms with Gasteiger partial charge in [-0.05, 0) is 74.6 Å². The normalized spacial score (nSPS) is 20.8. The highest BCUT2D eigenvalue weighted by Crippen LogP contribution is 2.20. The number of amides is 9. The number of para-hydroxylation sites is 1. The standard InChI is InChI=1S/C50H72FN17O9/c1-27(52)33-14-7-21-58-42(71)20-18-38(66-43(72)35(62-28(2)69)15-8-22-59-49(54)55)45(74)65-37(17-19-41(53)70)46(75)67-39(24-29-10-3-5-12-32(29)51)48(77)64-36(16-9-23-60-50(56)57)44(73)68-40(47(76)63-33)25-30-26-61-34-13-6-4-11-31(30)34/h3-6,10-13,26,33,35-40,61H,1,7-9,14-25,52H2,2H3,(H2,53,70)(H,58,71)(H,62,69)(H,63,76)(H,64,77)(H,65,74)(H,66,72)(H,67,75)(H,68,73)(H4,54,55,59)(H4,56,57,60)/t33?,35-,36-,37-,38-,39+,40-/m0/s1. The Labute approximate surface area is 444 Å². The van der Waals surface area contributed by atoms with Gasteiger partial charge in [0.25, 0.3) is 0 Å². The maximum atomic E-state index is 15.4. The van der Waals surface area contributed by atoms with Crippen LogP contribution in [-0.2, 0) is 56.0 Å². The summed E-state index contributed by atoms with van der Waals surface area (Å²) < 4.78 is 15.4. The summed E-state index contributed by atoms with van der Waals surface area (Å²) in [4.78, 5) is 127. The van der Waals surface area contributed by atoms with E-state index >= 15 is 4.39 Å². The van der Waals surface area contributed by atoms with E-state index in [1.807, 2.05) is 18.2 Å². The lowest BCUT2D eigenvalue weighted by atomic mass is 10.0. The number of guanidine groups is 2. The van der Waals surface area contributed by atoms with E-state index in [1.54, 1.807) is 12.3 Å². The molecule has 9 amide bonds. The monoisotopic (exact) mass is 1070 g/mol. The van der Waals surface area contributed by atoms with Gasteiger partial charge in [-0.15, -0.1) is 0 Å². The Kier molecular flexibility index (Phi) is 24.1. The van der Waals surface area contributed by atoms with E-state index in [2.05, 4.69) is 64.7 Å². The molecule has 1 fully saturated rings. The first-order chi connectivity index (χ1) is 36.6. The zero-order valence-electron chi connectivity index (χ0n) is 42.9. The minimum atomic E-state index is -1.70. The predicted molar refractivity (Wildman–Crippen MR) is 283 cm³/mol. The summed E-state index contributed by atoms with van der Waals surface area (Å²) in [7, 11) is 0. The minimum absolute atomic E-state index is 0.00879. The molecule has 2 heterocycles. The predicted octanol–water partition coefficient (Wildman–Crippen LogP) is -2.54. The SMILES string of the molecule is C=C(N)C1CCCNC(=O)CC[C@H](NC(=O)[C@H](CCCNC(=N)N)NC(C)=O)C(=O)N[C@@H](CCC(N)=O)C(=O)N[C@H](Cc2ccccc2F)C(=O)N[C@@H](CCCNC(=N)N)C(=O)N[C@@H](Cc2c[nH]c3ccccc23)C(=O)N1. The van der Waals surface area contributed by atoms with Gasteiger partial charge < -0.3 is 81.1 Å². The summed E-state index contributed by atoms with van der Waals surface area (Å²) >= 11 is 0. The Hall–Kier alpha value is -8.78. The molecule has 1 aliphatic rings. The number of carbonyl (C=O) groups excluding carboxylic acids is 9. The summed E-state index contributed by atoms with van der Waals surface area (Å²) in [6, 6.07) is 2.85. The molecule has 26 nitrogen and oxygen atoms in total. The molecule has 1 unspecified atom stereocenters. The fourth-order valence-corrected chi connectivity index (χ4v) is 8.37. The summed E-state index contributed by atoms with van der Waals surface area (Å²) in [6.45, 7) is 5.27. The highest BCUT2D eigenvalue weighted by molar-refractivity contribution is 5.98. The maximum Gasteiger partial charge on any atom is 0.243 e. The molecule has 3 aromatic rings. The Morgan fingerprint density at radius 1 is 0.727 bits per heavy atom. The molecule has 0 radical (unpaired) electrons. The molecule has 418 valence electrons. The van der Waals surface area contributed by atoms with E-state index in [1.165, 1.54) is 25.1 Å². The van der Waals surface area contributed by atoms with Crippen LogP contribution in [0.5, 0.6) is 0 Å². The summed E-state index contributed by atoms with van der Waals surface area (Å²) in [6.07, 6.45) is 0.0408. The molecule has 7 atom stereocenters. The molecule has 21 N–H and O–H groups in total. The van der Waals surface area contributed by atoms with Gasteiger partial charge in [-0.25, -0.2) is 4.39 Å². The van der Waals surface area contributed by atoms with Crippen LogP contribution in [0.1, 0.15) is 82.3 Å². The van der Waals surface area contributed by atoms with E-state index in [0.717, 1.165) is 17.0 Å². The van der Waals surface area contributed by atoms with Crippen molar-refractivity contribution < 1.29 is 47.5 Å². The number of aromatic nitrogens is 1. The number of H-pyrrole nitrogens is 1. The van der Waals surface area contributed by atoms with Crippen LogP contribution >= 0.6 is 0 Å². The van der Waals surface area contributed by atoms with Gasteiger partial charge in [-0.2, -0.15) is 0 Å². The lowest BCUT2D eigenvalue weighted by Crippen LogP contribution is -2.60. The molecule has 1 aliphatic heterocycles. The minimum Gasteiger partial charge on any atom is -0.401 e. The fourth-order valence-electron chi connectivity index (χ4n) is 8.37. The van der Waals surface area contributed by atoms with Crippen molar-refractivity contribution in [2.75, 3.05) is 19.6 Å². The third-order valence-corrected chi connectivity index (χ3v) is 12.4. The third kappa shape index (κ3) is 20.8. The first-order valence-corrected chi connectivity index (χ1v) is 25.1. The highest BCUT2D eigenvalue weighted by atomic mass is 19.1. The van der Waals surface area contributed by atoms with E-state index < -0.39 is 121 Å². The number of nitrogens with two attached hydrogens (primary N) is 4. The number of halogens is 1. The van der Waals surface area contributed by atoms with Crippen LogP contribution in [-0.4, -0.2) is 132 Å². The summed E-state index contributed by atoms with van der Waals surface area (Å²) in [5.41, 5.74) is 24.0. The van der Waals surface area contributed by atoms with Crippen molar-refractivity contribution in [2.45, 2.75) is 126 Å². The average Bonchev–Trinajstić information content (AvgIpc) is 3.78. The van der Waals surface area contributed by atoms with Gasteiger partial charge in [0.1, 0.15) is 42.1 Å². The van der Waals surface area contributed by atoms with Gasteiger partial charge >= 0.3 is 0 Å². The van der Waals surface area contributed by atoms with E-state index in [0.29, 0.717) is 5.56 Å². The van der Waals surface area contributed by atoms with Gasteiger partial charge in [-0.3, -0.25) is 54.0 Å². The van der Waals surface area contributed by atoms with Crippen molar-refractivity contribution in [2.24, 2.45) is 22.9 Å². The first-order valence-electron chi connectivity index (χ1n) is 25.1. The van der Waals surface area contributed by atoms with Crippen LogP contribution in [0, 0.1) is 16.6 Å². The average molecular weight is 1070 g/mol. The largest absolute Gasteiger partial charge is 0.401 e. The Balaban J connectivity index is 1.80. The molecule has 1 saturated heterocycles. The molecule has 4 rings (SSSR count). The van der Waals surface area contributed by atoms with Crippen molar-refractivity contribution in [3.05, 3.63) is 83.9 Å². The highest BCUT2D eigenvalue weighted by Gasteiger charge is 2.35. The van der Waals surface area contributed by atoms with Crippen molar-refractivity contribution in [1.82, 2.24) is 58.2 Å². The number of carbonyl (C=O) groups is 9. The lowest BCUT2D eigenvalue weighted by Gasteiger charge is -2.28. The Morgan fingerprint density at radius 3 is 1.94 bits per heavy atom. The van der Waals surface area contributed by atoms with Crippen molar-refractivity contribution >= 4 is 76.0 Å². The van der Waals surface area contributed by atoms with Crippen molar-refractivity contribution in [3.63, 3.8) is 0 Å². The van der Waals surface area contributed by atoms with Gasteiger partial charge in [0.2, 0.25) is 53.2 Å². The molecular weight excluding hydrogens is 1000 g/mol. The number of primary amides is 1. The van der Waals surface area contributed by atoms with Crippen molar-refractivity contribution in [1.29, 1.82) is 10.8 Å². The molecule has 0 aliphatic carbocycles. The van der Waals surface area contributed by atoms with E-state index in [4.69, 9.17) is 33.8 Å². The molecule has 2 aromatic carbocycles. The number of rotatable bonds is 19. The second-order valence-electron chi connectivity index (χ2n) is 18.6. The van der Waals surface area contributed by atoms with Crippen LogP contribution in [0.25, 0.3) is 10.9 Å². The summed E-state index contributed by atoms with van der Waals surface area (Å²) in [5.74, 6) is -9.01. The zero-order chi connectivity index (χ0) is 56.6. The van der Waals surface area contributed by atoms with Crippen LogP contribution in [0.2, 0.25) is 0 Å². The second kappa shape index (κ2) is 30.6. The number of hydrogen-bond donors (Lipinski definition) is 17. The first kappa shape index (κ1) is 60.8. The van der Waals surface area contributed by atoms with E-state index in [9.17, 15) is 43.2 Å². The molecule has 27 heteroatoms. The smallest absolute Gasteiger partial charge is 0.243 e. The maximum absolute atomic E-state index is 15.4. The number of hydrogen-bond acceptors (Lipinski definition) is 12. The summed E-state index contributed by atoms with van der Waals surface area (Å²) in [5, 5.41) is 42.1. The van der Waals surface area contributed by atoms with Gasteiger partial charge in [0, 0.05) is 75.0 Å². The van der Waals surface area contributed by atoms with Crippen LogP contribution in [0.4, 0.5) is 4.39 Å². The Morgan fingerprint density at radius 2 is 1.30 bits per heavy atom. The van der Waals surface area contributed by atoms with Crippen LogP contribution < -0.4 is 76.1 Å². The Bertz CT molecular complexity index is 2630. The molecule has 0 saturated carbocycles. The number of nitrogens with one attached hydrogen (secondary N) is 13. The third-order valence-electron chi connectivity index (χ3n) is 12.4. The number of benzene rings is 2. The van der Waals surface area contributed by atoms with Gasteiger partial charge in [0.15, 0.2) is 11.9 Å². The molecule has 0 bridgehead atoms. The van der Waals surface area contributed by atoms with Gasteiger partial charge in [0.05, 0.1) is 6.04 Å². The second-order valence-corrected chi connectivity index (χ2v) is 18.6. The topological polar surface area (TPSA) is 441 Å². The van der Waals surface area contributed by atoms with Crippen LogP contribution in [0.15, 0.2) is 67.0 Å². The molecule has 1 aromatic heterocycles. The number of fused-ring (bicyclic) bond motifs is 1. The zero-order valence-corrected chi connectivity index (χ0v) is 42.9. The molecule has 77 heavy (non-hydrogen) atoms. The molecule has 0 spiro atoms. The van der Waals surface area contributed by atoms with Crippen LogP contribution in [0.3, 0.4) is 0 Å². The number of aromatic amines is 1. The molecular formula is C50H72FN17O9. The fraction of sp³-hybridized carbons (Fsp3) is 0.460.